The van der Waals surface area contributed by atoms with E-state index in [1.807, 2.05) is 6.92 Å². The second-order valence-corrected chi connectivity index (χ2v) is 5.92. The molecule has 3 N–H and O–H groups in total. The van der Waals surface area contributed by atoms with Crippen LogP contribution in [0.5, 0.6) is 0 Å². The molecule has 0 aliphatic heterocycles. The van der Waals surface area contributed by atoms with E-state index in [0.29, 0.717) is 17.4 Å². The van der Waals surface area contributed by atoms with Crippen molar-refractivity contribution in [1.29, 1.82) is 0 Å². The van der Waals surface area contributed by atoms with Crippen LogP contribution in [0.15, 0.2) is 6.20 Å². The maximum atomic E-state index is 12.2. The van der Waals surface area contributed by atoms with Crippen molar-refractivity contribution in [3.8, 4) is 0 Å². The van der Waals surface area contributed by atoms with E-state index in [2.05, 4.69) is 15.4 Å². The van der Waals surface area contributed by atoms with Gasteiger partial charge in [-0.1, -0.05) is 0 Å². The lowest BCUT2D eigenvalue weighted by atomic mass is 10.0. The molecular formula is C13H17N5OS. The second kappa shape index (κ2) is 5.24. The fraction of sp³-hybridized carbons (Fsp3) is 0.462. The molecule has 3 rings (SSSR count). The number of nitrogens with zero attached hydrogens (tertiary/aromatic N) is 3. The van der Waals surface area contributed by atoms with Gasteiger partial charge in [-0.3, -0.25) is 14.8 Å². The average Bonchev–Trinajstić information content (AvgIpc) is 3.01. The monoisotopic (exact) mass is 291 g/mol. The summed E-state index contributed by atoms with van der Waals surface area (Å²) in [7, 11) is 0. The van der Waals surface area contributed by atoms with Crippen LogP contribution < -0.4 is 11.1 Å². The molecule has 0 saturated carbocycles. The summed E-state index contributed by atoms with van der Waals surface area (Å²) < 4.78 is 1.65. The third-order valence-electron chi connectivity index (χ3n) is 3.40. The summed E-state index contributed by atoms with van der Waals surface area (Å²) in [5, 5.41) is 7.61. The zero-order valence-corrected chi connectivity index (χ0v) is 12.2. The van der Waals surface area contributed by atoms with Gasteiger partial charge in [0.05, 0.1) is 11.4 Å². The molecule has 1 aliphatic carbocycles. The first-order valence-electron chi connectivity index (χ1n) is 6.80. The summed E-state index contributed by atoms with van der Waals surface area (Å²) in [6, 6.07) is 0. The Morgan fingerprint density at radius 1 is 1.50 bits per heavy atom. The molecule has 106 valence electrons. The van der Waals surface area contributed by atoms with E-state index in [1.54, 1.807) is 22.2 Å². The van der Waals surface area contributed by atoms with E-state index in [4.69, 9.17) is 5.73 Å². The normalized spacial score (nSPS) is 14.1. The smallest absolute Gasteiger partial charge is 0.280 e. The van der Waals surface area contributed by atoms with Crippen LogP contribution in [0, 0.1) is 0 Å². The van der Waals surface area contributed by atoms with Crippen LogP contribution in [0.3, 0.4) is 0 Å². The van der Waals surface area contributed by atoms with E-state index >= 15 is 0 Å². The van der Waals surface area contributed by atoms with E-state index < -0.39 is 0 Å². The van der Waals surface area contributed by atoms with Crippen LogP contribution in [0.2, 0.25) is 0 Å². The van der Waals surface area contributed by atoms with Gasteiger partial charge in [-0.05, 0) is 32.6 Å². The number of nitrogens with one attached hydrogen (secondary N) is 1. The maximum Gasteiger partial charge on any atom is 0.280 e. The van der Waals surface area contributed by atoms with E-state index in [1.165, 1.54) is 17.7 Å². The number of carbonyl (C=O) groups excluding carboxylic acids is 1. The highest BCUT2D eigenvalue weighted by molar-refractivity contribution is 7.15. The van der Waals surface area contributed by atoms with Gasteiger partial charge in [0.2, 0.25) is 0 Å². The minimum atomic E-state index is -0.291. The lowest BCUT2D eigenvalue weighted by molar-refractivity contribution is 0.102. The van der Waals surface area contributed by atoms with Crippen molar-refractivity contribution in [3.05, 3.63) is 22.5 Å². The zero-order chi connectivity index (χ0) is 14.1. The predicted molar refractivity (Wildman–Crippen MR) is 79.0 cm³/mol. The molecular weight excluding hydrogens is 274 g/mol. The van der Waals surface area contributed by atoms with Crippen LogP contribution in [-0.2, 0) is 19.4 Å². The molecule has 20 heavy (non-hydrogen) atoms. The van der Waals surface area contributed by atoms with Crippen LogP contribution >= 0.6 is 11.3 Å². The van der Waals surface area contributed by atoms with Crippen LogP contribution in [0.25, 0.3) is 0 Å². The second-order valence-electron chi connectivity index (χ2n) is 4.84. The molecule has 2 aromatic rings. The van der Waals surface area contributed by atoms with Gasteiger partial charge in [0.1, 0.15) is 0 Å². The maximum absolute atomic E-state index is 12.2. The lowest BCUT2D eigenvalue weighted by Crippen LogP contribution is -2.14. The van der Waals surface area contributed by atoms with Crippen LogP contribution in [-0.4, -0.2) is 20.7 Å². The summed E-state index contributed by atoms with van der Waals surface area (Å²) in [4.78, 5) is 18.0. The van der Waals surface area contributed by atoms with E-state index in [-0.39, 0.29) is 11.6 Å². The van der Waals surface area contributed by atoms with Gasteiger partial charge in [0.25, 0.3) is 5.91 Å². The Labute approximate surface area is 121 Å². The van der Waals surface area contributed by atoms with Crippen LogP contribution in [0.4, 0.5) is 10.8 Å². The Balaban J connectivity index is 1.78. The number of hydrogen-bond donors (Lipinski definition) is 2. The first-order valence-corrected chi connectivity index (χ1v) is 7.62. The molecule has 0 spiro atoms. The van der Waals surface area contributed by atoms with Crippen molar-refractivity contribution >= 4 is 28.1 Å². The Kier molecular flexibility index (Phi) is 3.43. The largest absolute Gasteiger partial charge is 0.396 e. The highest BCUT2D eigenvalue weighted by Crippen LogP contribution is 2.29. The quantitative estimate of drug-likeness (QED) is 0.906. The van der Waals surface area contributed by atoms with Gasteiger partial charge in [0.15, 0.2) is 10.8 Å². The topological polar surface area (TPSA) is 85.8 Å². The molecule has 0 atom stereocenters. The predicted octanol–water partition coefficient (Wildman–Crippen LogP) is 2.07. The molecule has 2 heterocycles. The summed E-state index contributed by atoms with van der Waals surface area (Å²) in [6.45, 7) is 2.63. The summed E-state index contributed by atoms with van der Waals surface area (Å²) in [5.74, 6) is -0.291. The standard InChI is InChI=1S/C13H17N5OS/c1-2-18-7-8(14)11(17-18)12(19)16-13-15-9-5-3-4-6-10(9)20-13/h7H,2-6,14H2,1H3,(H,15,16,19). The molecule has 0 bridgehead atoms. The molecule has 0 unspecified atom stereocenters. The number of anilines is 2. The Hall–Kier alpha value is -1.89. The number of hydrogen-bond acceptors (Lipinski definition) is 5. The molecule has 1 amide bonds. The Morgan fingerprint density at radius 3 is 3.00 bits per heavy atom. The molecule has 0 fully saturated rings. The average molecular weight is 291 g/mol. The van der Waals surface area contributed by atoms with Gasteiger partial charge >= 0.3 is 0 Å². The number of fused-ring (bicyclic) bond motifs is 1. The number of nitrogens with two attached hydrogens (primary N) is 1. The molecule has 2 aromatic heterocycles. The molecule has 1 aliphatic rings. The molecule has 0 aromatic carbocycles. The fourth-order valence-electron chi connectivity index (χ4n) is 2.34. The fourth-order valence-corrected chi connectivity index (χ4v) is 3.38. The molecule has 0 radical (unpaired) electrons. The van der Waals surface area contributed by atoms with Crippen LogP contribution in [0.1, 0.15) is 40.8 Å². The Bertz CT molecular complexity index is 622. The first-order chi connectivity index (χ1) is 9.67. The van der Waals surface area contributed by atoms with Crippen molar-refractivity contribution in [2.75, 3.05) is 11.1 Å². The number of rotatable bonds is 3. The number of amides is 1. The molecule has 7 heteroatoms. The first kappa shape index (κ1) is 13.1. The molecule has 0 saturated heterocycles. The van der Waals surface area contributed by atoms with Crippen molar-refractivity contribution in [2.45, 2.75) is 39.2 Å². The van der Waals surface area contributed by atoms with Gasteiger partial charge in [-0.2, -0.15) is 5.10 Å². The van der Waals surface area contributed by atoms with Gasteiger partial charge in [0, 0.05) is 17.6 Å². The van der Waals surface area contributed by atoms with Crippen molar-refractivity contribution in [2.24, 2.45) is 0 Å². The van der Waals surface area contributed by atoms with E-state index in [9.17, 15) is 4.79 Å². The highest BCUT2D eigenvalue weighted by atomic mass is 32.1. The van der Waals surface area contributed by atoms with Gasteiger partial charge in [-0.25, -0.2) is 4.98 Å². The number of thiazole rings is 1. The number of nitrogen functional groups attached to an aromatic ring is 1. The summed E-state index contributed by atoms with van der Waals surface area (Å²) in [5.41, 5.74) is 7.59. The molecule has 6 nitrogen and oxygen atoms in total. The summed E-state index contributed by atoms with van der Waals surface area (Å²) >= 11 is 1.56. The van der Waals surface area contributed by atoms with Crippen molar-refractivity contribution in [3.63, 3.8) is 0 Å². The van der Waals surface area contributed by atoms with Crippen molar-refractivity contribution in [1.82, 2.24) is 14.8 Å². The van der Waals surface area contributed by atoms with Gasteiger partial charge < -0.3 is 5.73 Å². The third kappa shape index (κ3) is 2.40. The summed E-state index contributed by atoms with van der Waals surface area (Å²) in [6.07, 6.45) is 6.12. The number of carbonyl (C=O) groups is 1. The van der Waals surface area contributed by atoms with Crippen molar-refractivity contribution < 1.29 is 4.79 Å². The Morgan fingerprint density at radius 2 is 2.30 bits per heavy atom. The minimum absolute atomic E-state index is 0.264. The van der Waals surface area contributed by atoms with Gasteiger partial charge in [-0.15, -0.1) is 11.3 Å². The van der Waals surface area contributed by atoms with E-state index in [0.717, 1.165) is 18.5 Å². The highest BCUT2D eigenvalue weighted by Gasteiger charge is 2.19. The minimum Gasteiger partial charge on any atom is -0.396 e. The third-order valence-corrected chi connectivity index (χ3v) is 4.47. The zero-order valence-electron chi connectivity index (χ0n) is 11.3. The number of aryl methyl sites for hydroxylation is 3. The lowest BCUT2D eigenvalue weighted by Gasteiger charge is -2.06. The SMILES string of the molecule is CCn1cc(N)c(C(=O)Nc2nc3c(s2)CCCC3)n1. The number of aromatic nitrogens is 3.